The first-order valence-corrected chi connectivity index (χ1v) is 9.00. The number of guanidine groups is 1. The lowest BCUT2D eigenvalue weighted by Gasteiger charge is -2.31. The van der Waals surface area contributed by atoms with Gasteiger partial charge in [-0.1, -0.05) is 42.5 Å². The number of ether oxygens (including phenoxy) is 1. The van der Waals surface area contributed by atoms with Crippen LogP contribution in [-0.4, -0.2) is 22.6 Å². The topological polar surface area (TPSA) is 80.5 Å². The van der Waals surface area contributed by atoms with Crippen LogP contribution in [0.25, 0.3) is 0 Å². The van der Waals surface area contributed by atoms with Gasteiger partial charge in [0.15, 0.2) is 5.96 Å². The standard InChI is InChI=1S/C21H21N5O2/c1-14-12-18(27)26-19(16-6-4-3-5-7-16)24-20(25-21(26)23-14)22-13-15-8-10-17(28-2)11-9-15/h3-12,19H,13H2,1-2H3,(H2,22,23,24,25)/t19-/m0/s1. The molecule has 0 saturated carbocycles. The summed E-state index contributed by atoms with van der Waals surface area (Å²) in [6.07, 6.45) is -0.382. The number of nitrogens with one attached hydrogen (secondary N) is 2. The molecule has 2 heterocycles. The lowest BCUT2D eigenvalue weighted by atomic mass is 10.1. The molecule has 28 heavy (non-hydrogen) atoms. The molecular formula is C21H21N5O2. The largest absolute Gasteiger partial charge is 0.497 e. The van der Waals surface area contributed by atoms with Gasteiger partial charge in [-0.15, -0.1) is 0 Å². The number of aliphatic imine (C=N–C) groups is 1. The second kappa shape index (κ2) is 7.56. The molecule has 142 valence electrons. The molecule has 0 bridgehead atoms. The molecule has 0 fully saturated rings. The van der Waals surface area contributed by atoms with Crippen LogP contribution in [-0.2, 0) is 6.54 Å². The molecule has 0 aliphatic carbocycles. The maximum atomic E-state index is 12.6. The second-order valence-electron chi connectivity index (χ2n) is 6.52. The Morgan fingerprint density at radius 2 is 1.89 bits per heavy atom. The number of rotatable bonds is 4. The van der Waals surface area contributed by atoms with Crippen LogP contribution >= 0.6 is 0 Å². The Morgan fingerprint density at radius 3 is 2.61 bits per heavy atom. The van der Waals surface area contributed by atoms with Crippen molar-refractivity contribution in [1.82, 2.24) is 14.9 Å². The molecule has 0 amide bonds. The summed E-state index contributed by atoms with van der Waals surface area (Å²) in [7, 11) is 1.64. The summed E-state index contributed by atoms with van der Waals surface area (Å²) in [6, 6.07) is 19.1. The molecule has 7 nitrogen and oxygen atoms in total. The lowest BCUT2D eigenvalue weighted by Crippen LogP contribution is -2.48. The number of aromatic nitrogens is 2. The number of nitrogens with zero attached hydrogens (tertiary/aromatic N) is 3. The molecule has 2 N–H and O–H groups in total. The minimum atomic E-state index is -0.382. The van der Waals surface area contributed by atoms with Crippen LogP contribution in [0.5, 0.6) is 5.75 Å². The summed E-state index contributed by atoms with van der Waals surface area (Å²) < 4.78 is 6.79. The third kappa shape index (κ3) is 3.59. The molecule has 1 atom stereocenters. The Labute approximate surface area is 162 Å². The Morgan fingerprint density at radius 1 is 1.14 bits per heavy atom. The zero-order valence-corrected chi connectivity index (χ0v) is 15.7. The number of methoxy groups -OCH3 is 1. The highest BCUT2D eigenvalue weighted by atomic mass is 16.5. The summed E-state index contributed by atoms with van der Waals surface area (Å²) in [5, 5.41) is 6.45. The zero-order valence-electron chi connectivity index (χ0n) is 15.7. The highest BCUT2D eigenvalue weighted by Crippen LogP contribution is 2.21. The zero-order chi connectivity index (χ0) is 19.5. The third-order valence-electron chi connectivity index (χ3n) is 4.54. The van der Waals surface area contributed by atoms with Crippen molar-refractivity contribution >= 4 is 11.9 Å². The fourth-order valence-electron chi connectivity index (χ4n) is 3.13. The van der Waals surface area contributed by atoms with Crippen molar-refractivity contribution in [3.05, 3.63) is 87.8 Å². The van der Waals surface area contributed by atoms with Crippen LogP contribution in [0.1, 0.15) is 23.0 Å². The Balaban J connectivity index is 1.67. The summed E-state index contributed by atoms with van der Waals surface area (Å²) in [4.78, 5) is 21.7. The fourth-order valence-corrected chi connectivity index (χ4v) is 3.13. The lowest BCUT2D eigenvalue weighted by molar-refractivity contribution is 0.414. The van der Waals surface area contributed by atoms with Crippen LogP contribution in [0.4, 0.5) is 5.95 Å². The Kier molecular flexibility index (Phi) is 4.80. The summed E-state index contributed by atoms with van der Waals surface area (Å²) in [5.74, 6) is 1.86. The van der Waals surface area contributed by atoms with Crippen LogP contribution in [0.15, 0.2) is 70.5 Å². The Hall–Kier alpha value is -3.61. The SMILES string of the molecule is COc1ccc(CN=C2Nc3nc(C)cc(=O)n3[C@@H](c3ccccc3)N2)cc1. The monoisotopic (exact) mass is 375 g/mol. The van der Waals surface area contributed by atoms with Gasteiger partial charge < -0.3 is 10.1 Å². The maximum Gasteiger partial charge on any atom is 0.257 e. The number of benzene rings is 2. The molecule has 2 aromatic carbocycles. The minimum Gasteiger partial charge on any atom is -0.497 e. The van der Waals surface area contributed by atoms with Crippen molar-refractivity contribution in [2.24, 2.45) is 4.99 Å². The first-order chi connectivity index (χ1) is 13.6. The van der Waals surface area contributed by atoms with Gasteiger partial charge in [0.1, 0.15) is 11.9 Å². The average molecular weight is 375 g/mol. The van der Waals surface area contributed by atoms with Crippen LogP contribution < -0.4 is 20.9 Å². The van der Waals surface area contributed by atoms with Gasteiger partial charge in [-0.25, -0.2) is 9.98 Å². The number of aryl methyl sites for hydroxylation is 1. The molecule has 1 aliphatic heterocycles. The van der Waals surface area contributed by atoms with Crippen molar-refractivity contribution in [2.75, 3.05) is 12.4 Å². The predicted octanol–water partition coefficient (Wildman–Crippen LogP) is 2.68. The molecule has 4 rings (SSSR count). The molecule has 0 spiro atoms. The Bertz CT molecular complexity index is 1060. The highest BCUT2D eigenvalue weighted by molar-refractivity contribution is 5.93. The summed E-state index contributed by atoms with van der Waals surface area (Å²) in [6.45, 7) is 2.29. The number of hydrogen-bond donors (Lipinski definition) is 2. The highest BCUT2D eigenvalue weighted by Gasteiger charge is 2.26. The van der Waals surface area contributed by atoms with Crippen molar-refractivity contribution < 1.29 is 4.74 Å². The van der Waals surface area contributed by atoms with Crippen molar-refractivity contribution in [1.29, 1.82) is 0 Å². The van der Waals surface area contributed by atoms with Gasteiger partial charge in [-0.05, 0) is 30.2 Å². The van der Waals surface area contributed by atoms with Crippen LogP contribution in [0, 0.1) is 6.92 Å². The number of anilines is 1. The average Bonchev–Trinajstić information content (AvgIpc) is 2.72. The van der Waals surface area contributed by atoms with E-state index in [0.717, 1.165) is 16.9 Å². The smallest absolute Gasteiger partial charge is 0.257 e. The van der Waals surface area contributed by atoms with Gasteiger partial charge in [0.2, 0.25) is 5.95 Å². The molecule has 0 radical (unpaired) electrons. The van der Waals surface area contributed by atoms with E-state index in [9.17, 15) is 4.79 Å². The third-order valence-corrected chi connectivity index (χ3v) is 4.54. The van der Waals surface area contributed by atoms with Crippen molar-refractivity contribution in [3.63, 3.8) is 0 Å². The predicted molar refractivity (Wildman–Crippen MR) is 109 cm³/mol. The van der Waals surface area contributed by atoms with Crippen LogP contribution in [0.3, 0.4) is 0 Å². The minimum absolute atomic E-state index is 0.120. The van der Waals surface area contributed by atoms with Gasteiger partial charge in [-0.3, -0.25) is 14.7 Å². The van der Waals surface area contributed by atoms with E-state index in [-0.39, 0.29) is 11.7 Å². The van der Waals surface area contributed by atoms with Gasteiger partial charge in [0.05, 0.1) is 13.7 Å². The molecular weight excluding hydrogens is 354 g/mol. The van der Waals surface area contributed by atoms with E-state index in [0.29, 0.717) is 24.1 Å². The molecule has 3 aromatic rings. The molecule has 1 aromatic heterocycles. The maximum absolute atomic E-state index is 12.6. The van der Waals surface area contributed by atoms with E-state index in [1.54, 1.807) is 18.6 Å². The number of hydrogen-bond acceptors (Lipinski definition) is 4. The fraction of sp³-hybridized carbons (Fsp3) is 0.190. The molecule has 0 saturated heterocycles. The van der Waals surface area contributed by atoms with E-state index in [4.69, 9.17) is 4.74 Å². The van der Waals surface area contributed by atoms with E-state index in [1.165, 1.54) is 6.07 Å². The van der Waals surface area contributed by atoms with Gasteiger partial charge in [0.25, 0.3) is 5.56 Å². The number of fused-ring (bicyclic) bond motifs is 1. The van der Waals surface area contributed by atoms with E-state index < -0.39 is 0 Å². The van der Waals surface area contributed by atoms with Crippen LogP contribution in [0.2, 0.25) is 0 Å². The first-order valence-electron chi connectivity index (χ1n) is 9.00. The molecule has 1 aliphatic rings. The quantitative estimate of drug-likeness (QED) is 0.733. The van der Waals surface area contributed by atoms with Gasteiger partial charge in [-0.2, -0.15) is 0 Å². The molecule has 7 heteroatoms. The summed E-state index contributed by atoms with van der Waals surface area (Å²) >= 11 is 0. The van der Waals surface area contributed by atoms with E-state index >= 15 is 0 Å². The second-order valence-corrected chi connectivity index (χ2v) is 6.52. The summed E-state index contributed by atoms with van der Waals surface area (Å²) in [5.41, 5.74) is 2.54. The van der Waals surface area contributed by atoms with E-state index in [1.807, 2.05) is 54.6 Å². The normalized spacial score (nSPS) is 16.8. The van der Waals surface area contributed by atoms with E-state index in [2.05, 4.69) is 20.6 Å². The van der Waals surface area contributed by atoms with Crippen molar-refractivity contribution in [2.45, 2.75) is 19.6 Å². The van der Waals surface area contributed by atoms with Crippen molar-refractivity contribution in [3.8, 4) is 5.75 Å². The molecule has 0 unspecified atom stereocenters. The first kappa shape index (κ1) is 17.8. The van der Waals surface area contributed by atoms with Gasteiger partial charge in [0, 0.05) is 11.8 Å². The van der Waals surface area contributed by atoms with Gasteiger partial charge >= 0.3 is 0 Å².